The highest BCUT2D eigenvalue weighted by atomic mass is 127. The second kappa shape index (κ2) is 7.97. The summed E-state index contributed by atoms with van der Waals surface area (Å²) in [6.45, 7) is 7.82. The first-order valence-electron chi connectivity index (χ1n) is 6.31. The Morgan fingerprint density at radius 3 is 2.76 bits per heavy atom. The Morgan fingerprint density at radius 2 is 2.18 bits per heavy atom. The van der Waals surface area contributed by atoms with Gasteiger partial charge in [-0.15, -0.1) is 0 Å². The molecular weight excluding hydrogens is 325 g/mol. The van der Waals surface area contributed by atoms with Crippen LogP contribution in [-0.4, -0.2) is 22.6 Å². The molecule has 0 saturated heterocycles. The lowest BCUT2D eigenvalue weighted by Crippen LogP contribution is -2.33. The molecular formula is C13H22IN3. The van der Waals surface area contributed by atoms with Gasteiger partial charge < -0.3 is 5.32 Å². The molecule has 1 atom stereocenters. The van der Waals surface area contributed by atoms with Gasteiger partial charge in [0.15, 0.2) is 0 Å². The summed E-state index contributed by atoms with van der Waals surface area (Å²) in [6, 6.07) is 0.526. The molecule has 0 radical (unpaired) electrons. The van der Waals surface area contributed by atoms with Gasteiger partial charge >= 0.3 is 0 Å². The van der Waals surface area contributed by atoms with Crippen molar-refractivity contribution in [2.75, 3.05) is 6.54 Å². The molecule has 17 heavy (non-hydrogen) atoms. The van der Waals surface area contributed by atoms with E-state index in [1.807, 2.05) is 6.20 Å². The Balaban J connectivity index is 2.61. The lowest BCUT2D eigenvalue weighted by atomic mass is 9.99. The van der Waals surface area contributed by atoms with Crippen LogP contribution in [0.25, 0.3) is 0 Å². The first kappa shape index (κ1) is 14.8. The van der Waals surface area contributed by atoms with E-state index in [-0.39, 0.29) is 0 Å². The molecule has 0 aliphatic heterocycles. The number of halogens is 1. The van der Waals surface area contributed by atoms with Crippen LogP contribution >= 0.6 is 22.6 Å². The van der Waals surface area contributed by atoms with Gasteiger partial charge in [-0.2, -0.15) is 0 Å². The number of rotatable bonds is 7. The SMILES string of the molecule is CCCNC(Cc1ncncc1I)CC(C)C. The molecule has 0 fully saturated rings. The zero-order valence-corrected chi connectivity index (χ0v) is 13.1. The lowest BCUT2D eigenvalue weighted by Gasteiger charge is -2.20. The van der Waals surface area contributed by atoms with E-state index in [0.29, 0.717) is 12.0 Å². The van der Waals surface area contributed by atoms with E-state index in [9.17, 15) is 0 Å². The van der Waals surface area contributed by atoms with Crippen molar-refractivity contribution in [1.29, 1.82) is 0 Å². The average Bonchev–Trinajstić information content (AvgIpc) is 2.28. The number of nitrogens with one attached hydrogen (secondary N) is 1. The number of nitrogens with zero attached hydrogens (tertiary/aromatic N) is 2. The van der Waals surface area contributed by atoms with Crippen molar-refractivity contribution in [3.8, 4) is 0 Å². The van der Waals surface area contributed by atoms with Gasteiger partial charge in [0.25, 0.3) is 0 Å². The van der Waals surface area contributed by atoms with E-state index in [4.69, 9.17) is 0 Å². The summed E-state index contributed by atoms with van der Waals surface area (Å²) in [5, 5.41) is 3.61. The van der Waals surface area contributed by atoms with Crippen molar-refractivity contribution in [3.05, 3.63) is 21.8 Å². The maximum atomic E-state index is 4.37. The van der Waals surface area contributed by atoms with Crippen molar-refractivity contribution in [1.82, 2.24) is 15.3 Å². The van der Waals surface area contributed by atoms with Crippen molar-refractivity contribution >= 4 is 22.6 Å². The molecule has 3 nitrogen and oxygen atoms in total. The van der Waals surface area contributed by atoms with Crippen LogP contribution in [0, 0.1) is 9.49 Å². The highest BCUT2D eigenvalue weighted by molar-refractivity contribution is 14.1. The quantitative estimate of drug-likeness (QED) is 0.771. The molecule has 0 bridgehead atoms. The molecule has 1 rings (SSSR count). The van der Waals surface area contributed by atoms with Crippen LogP contribution in [0.2, 0.25) is 0 Å². The first-order valence-corrected chi connectivity index (χ1v) is 7.39. The fourth-order valence-electron chi connectivity index (χ4n) is 1.88. The summed E-state index contributed by atoms with van der Waals surface area (Å²) in [4.78, 5) is 8.41. The van der Waals surface area contributed by atoms with Crippen LogP contribution in [0.1, 0.15) is 39.3 Å². The molecule has 0 spiro atoms. The third kappa shape index (κ3) is 5.77. The highest BCUT2D eigenvalue weighted by Crippen LogP contribution is 2.13. The Morgan fingerprint density at radius 1 is 1.41 bits per heavy atom. The minimum atomic E-state index is 0.526. The van der Waals surface area contributed by atoms with Crippen LogP contribution < -0.4 is 5.32 Å². The molecule has 0 saturated carbocycles. The summed E-state index contributed by atoms with van der Waals surface area (Å²) in [5.74, 6) is 0.712. The minimum Gasteiger partial charge on any atom is -0.314 e. The smallest absolute Gasteiger partial charge is 0.115 e. The van der Waals surface area contributed by atoms with Gasteiger partial charge in [0, 0.05) is 18.7 Å². The maximum Gasteiger partial charge on any atom is 0.115 e. The summed E-state index contributed by atoms with van der Waals surface area (Å²) in [7, 11) is 0. The van der Waals surface area contributed by atoms with Crippen LogP contribution in [0.4, 0.5) is 0 Å². The third-order valence-electron chi connectivity index (χ3n) is 2.62. The molecule has 0 aromatic carbocycles. The molecule has 1 N–H and O–H groups in total. The monoisotopic (exact) mass is 347 g/mol. The molecule has 1 aromatic heterocycles. The predicted molar refractivity (Wildman–Crippen MR) is 80.0 cm³/mol. The first-order chi connectivity index (χ1) is 8.13. The highest BCUT2D eigenvalue weighted by Gasteiger charge is 2.13. The fourth-order valence-corrected chi connectivity index (χ4v) is 2.40. The van der Waals surface area contributed by atoms with E-state index in [2.05, 4.69) is 58.6 Å². The van der Waals surface area contributed by atoms with Crippen LogP contribution in [-0.2, 0) is 6.42 Å². The van der Waals surface area contributed by atoms with Gasteiger partial charge in [0.05, 0.1) is 9.26 Å². The third-order valence-corrected chi connectivity index (χ3v) is 3.52. The molecule has 0 aliphatic carbocycles. The van der Waals surface area contributed by atoms with Gasteiger partial charge in [0.1, 0.15) is 6.33 Å². The molecule has 4 heteroatoms. The second-order valence-electron chi connectivity index (χ2n) is 4.80. The van der Waals surface area contributed by atoms with Gasteiger partial charge in [-0.05, 0) is 47.9 Å². The molecule has 0 aliphatic rings. The normalized spacial score (nSPS) is 13.0. The van der Waals surface area contributed by atoms with Crippen molar-refractivity contribution in [2.45, 2.75) is 46.1 Å². The topological polar surface area (TPSA) is 37.8 Å². The van der Waals surface area contributed by atoms with Crippen LogP contribution in [0.5, 0.6) is 0 Å². The molecule has 1 aromatic rings. The van der Waals surface area contributed by atoms with Gasteiger partial charge in [0.2, 0.25) is 0 Å². The summed E-state index contributed by atoms with van der Waals surface area (Å²) >= 11 is 2.31. The summed E-state index contributed by atoms with van der Waals surface area (Å²) < 4.78 is 1.16. The van der Waals surface area contributed by atoms with Crippen LogP contribution in [0.3, 0.4) is 0 Å². The maximum absolute atomic E-state index is 4.37. The van der Waals surface area contributed by atoms with E-state index in [1.54, 1.807) is 6.33 Å². The zero-order chi connectivity index (χ0) is 12.7. The Labute approximate surface area is 118 Å². The Bertz CT molecular complexity index is 328. The van der Waals surface area contributed by atoms with Crippen molar-refractivity contribution < 1.29 is 0 Å². The Kier molecular flexibility index (Phi) is 6.96. The van der Waals surface area contributed by atoms with Gasteiger partial charge in [-0.3, -0.25) is 0 Å². The predicted octanol–water partition coefficient (Wildman–Crippen LogP) is 3.04. The number of hydrogen-bond donors (Lipinski definition) is 1. The average molecular weight is 347 g/mol. The van der Waals surface area contributed by atoms with E-state index < -0.39 is 0 Å². The standard InChI is InChI=1S/C13H22IN3/c1-4-5-16-11(6-10(2)3)7-13-12(14)8-15-9-17-13/h8-11,16H,4-7H2,1-3H3. The molecule has 1 unspecified atom stereocenters. The summed E-state index contributed by atoms with van der Waals surface area (Å²) in [5.41, 5.74) is 1.16. The summed E-state index contributed by atoms with van der Waals surface area (Å²) in [6.07, 6.45) is 6.90. The largest absolute Gasteiger partial charge is 0.314 e. The second-order valence-corrected chi connectivity index (χ2v) is 5.96. The van der Waals surface area contributed by atoms with E-state index in [0.717, 1.165) is 22.2 Å². The molecule has 1 heterocycles. The minimum absolute atomic E-state index is 0.526. The molecule has 0 amide bonds. The van der Waals surface area contributed by atoms with Crippen molar-refractivity contribution in [2.24, 2.45) is 5.92 Å². The van der Waals surface area contributed by atoms with E-state index >= 15 is 0 Å². The van der Waals surface area contributed by atoms with Crippen LogP contribution in [0.15, 0.2) is 12.5 Å². The molecule has 96 valence electrons. The lowest BCUT2D eigenvalue weighted by molar-refractivity contribution is 0.413. The number of hydrogen-bond acceptors (Lipinski definition) is 3. The van der Waals surface area contributed by atoms with E-state index in [1.165, 1.54) is 12.8 Å². The fraction of sp³-hybridized carbons (Fsp3) is 0.692. The zero-order valence-electron chi connectivity index (χ0n) is 10.9. The number of aromatic nitrogens is 2. The van der Waals surface area contributed by atoms with Gasteiger partial charge in [-0.1, -0.05) is 20.8 Å². The van der Waals surface area contributed by atoms with Gasteiger partial charge in [-0.25, -0.2) is 9.97 Å². The Hall–Kier alpha value is -0.230. The van der Waals surface area contributed by atoms with Crippen molar-refractivity contribution in [3.63, 3.8) is 0 Å².